The van der Waals surface area contributed by atoms with E-state index in [9.17, 15) is 18.6 Å². The zero-order chi connectivity index (χ0) is 22.7. The van der Waals surface area contributed by atoms with Crippen molar-refractivity contribution < 1.29 is 18.6 Å². The van der Waals surface area contributed by atoms with Gasteiger partial charge in [-0.05, 0) is 49.2 Å². The summed E-state index contributed by atoms with van der Waals surface area (Å²) in [7, 11) is -3.99. The van der Waals surface area contributed by atoms with Crippen molar-refractivity contribution in [2.75, 3.05) is 16.6 Å². The van der Waals surface area contributed by atoms with Gasteiger partial charge in [-0.1, -0.05) is 18.2 Å². The van der Waals surface area contributed by atoms with Gasteiger partial charge in [0, 0.05) is 30.3 Å². The summed E-state index contributed by atoms with van der Waals surface area (Å²) in [5.41, 5.74) is 2.94. The molecule has 0 aliphatic heterocycles. The predicted molar refractivity (Wildman–Crippen MR) is 121 cm³/mol. The molecule has 4 N–H and O–H groups in total. The lowest BCUT2D eigenvalue weighted by molar-refractivity contribution is 0.299. The Hall–Kier alpha value is -3.76. The number of aromatic nitrogens is 3. The van der Waals surface area contributed by atoms with E-state index in [0.717, 1.165) is 5.56 Å². The maximum absolute atomic E-state index is 13.0. The summed E-state index contributed by atoms with van der Waals surface area (Å²) in [5.74, 6) is 0.149. The van der Waals surface area contributed by atoms with Crippen LogP contribution in [0.25, 0.3) is 11.0 Å². The van der Waals surface area contributed by atoms with Crippen molar-refractivity contribution in [1.29, 1.82) is 0 Å². The number of phenolic OH excluding ortho intramolecular Hbond substituents is 1. The van der Waals surface area contributed by atoms with Crippen LogP contribution in [0.2, 0.25) is 0 Å². The molecule has 2 aromatic carbocycles. The molecule has 0 bridgehead atoms. The molecule has 2 heterocycles. The van der Waals surface area contributed by atoms with Gasteiger partial charge in [-0.25, -0.2) is 18.4 Å². The first kappa shape index (κ1) is 21.5. The van der Waals surface area contributed by atoms with E-state index in [1.807, 2.05) is 0 Å². The average Bonchev–Trinajstić information content (AvgIpc) is 2.76. The van der Waals surface area contributed by atoms with Gasteiger partial charge < -0.3 is 15.5 Å². The molecule has 0 saturated carbocycles. The zero-order valence-corrected chi connectivity index (χ0v) is 18.0. The third-order valence-corrected chi connectivity index (χ3v) is 6.05. The lowest BCUT2D eigenvalue weighted by atomic mass is 10.1. The average molecular weight is 452 g/mol. The minimum atomic E-state index is -3.99. The molecule has 0 aliphatic rings. The zero-order valence-electron chi connectivity index (χ0n) is 17.1. The Morgan fingerprint density at radius 3 is 2.34 bits per heavy atom. The number of fused-ring (bicyclic) bond motifs is 1. The Morgan fingerprint density at radius 2 is 1.69 bits per heavy atom. The molecular weight excluding hydrogens is 430 g/mol. The van der Waals surface area contributed by atoms with Gasteiger partial charge in [-0.2, -0.15) is 0 Å². The summed E-state index contributed by atoms with van der Waals surface area (Å²) in [5, 5.41) is 22.3. The van der Waals surface area contributed by atoms with Crippen molar-refractivity contribution in [2.24, 2.45) is 0 Å². The van der Waals surface area contributed by atoms with Crippen molar-refractivity contribution >= 4 is 38.4 Å². The number of sulfonamides is 1. The van der Waals surface area contributed by atoms with Gasteiger partial charge in [-0.15, -0.1) is 0 Å². The number of aliphatic hydroxyl groups excluding tert-OH is 1. The van der Waals surface area contributed by atoms with E-state index in [1.54, 1.807) is 43.3 Å². The van der Waals surface area contributed by atoms with Crippen molar-refractivity contribution in [3.05, 3.63) is 72.1 Å². The van der Waals surface area contributed by atoms with Crippen LogP contribution in [0.4, 0.5) is 17.3 Å². The largest absolute Gasteiger partial charge is 0.508 e. The molecule has 32 heavy (non-hydrogen) atoms. The minimum absolute atomic E-state index is 0.01000. The van der Waals surface area contributed by atoms with Crippen molar-refractivity contribution in [2.45, 2.75) is 18.2 Å². The lowest BCUT2D eigenvalue weighted by Crippen LogP contribution is -2.16. The van der Waals surface area contributed by atoms with E-state index in [0.29, 0.717) is 28.8 Å². The van der Waals surface area contributed by atoms with Crippen LogP contribution in [-0.2, 0) is 16.4 Å². The molecule has 0 fully saturated rings. The number of nitrogens with one attached hydrogen (secondary N) is 2. The number of rotatable bonds is 7. The van der Waals surface area contributed by atoms with E-state index < -0.39 is 10.0 Å². The van der Waals surface area contributed by atoms with Gasteiger partial charge in [0.15, 0.2) is 11.6 Å². The molecule has 164 valence electrons. The topological polar surface area (TPSA) is 137 Å². The van der Waals surface area contributed by atoms with Gasteiger partial charge in [0.25, 0.3) is 10.0 Å². The van der Waals surface area contributed by atoms with Crippen LogP contribution in [0, 0.1) is 6.92 Å². The fourth-order valence-corrected chi connectivity index (χ4v) is 4.06. The number of benzene rings is 2. The summed E-state index contributed by atoms with van der Waals surface area (Å²) in [6.45, 7) is 1.67. The Bertz CT molecular complexity index is 1380. The molecule has 0 spiro atoms. The number of aryl methyl sites for hydroxylation is 1. The summed E-state index contributed by atoms with van der Waals surface area (Å²) in [6.07, 6.45) is 1.60. The summed E-state index contributed by atoms with van der Waals surface area (Å²) in [6, 6.07) is 14.8. The number of pyridine rings is 1. The summed E-state index contributed by atoms with van der Waals surface area (Å²) < 4.78 is 28.4. The standard InChI is InChI=1S/C22H21N5O4S/c1-14-6-9-17(13-23-14)32(30,31)27-22-21(24-18-4-2-3-5-19(18)25-22)26-20-12-16(29)8-7-15(20)10-11-28/h2-9,12-13,28-29H,10-11H2,1H3,(H,24,26)(H,25,27). The van der Waals surface area contributed by atoms with Crippen molar-refractivity contribution in [1.82, 2.24) is 15.0 Å². The van der Waals surface area contributed by atoms with E-state index in [-0.39, 0.29) is 28.9 Å². The fraction of sp³-hybridized carbons (Fsp3) is 0.136. The number of para-hydroxylation sites is 2. The molecule has 0 amide bonds. The van der Waals surface area contributed by atoms with Gasteiger partial charge in [0.1, 0.15) is 10.6 Å². The van der Waals surface area contributed by atoms with Crippen LogP contribution < -0.4 is 10.0 Å². The highest BCUT2D eigenvalue weighted by Crippen LogP contribution is 2.30. The quantitative estimate of drug-likeness (QED) is 0.336. The Morgan fingerprint density at radius 1 is 0.969 bits per heavy atom. The highest BCUT2D eigenvalue weighted by molar-refractivity contribution is 7.92. The van der Waals surface area contributed by atoms with E-state index in [1.165, 1.54) is 24.4 Å². The van der Waals surface area contributed by atoms with E-state index in [4.69, 9.17) is 0 Å². The van der Waals surface area contributed by atoms with Crippen LogP contribution in [0.15, 0.2) is 65.7 Å². The summed E-state index contributed by atoms with van der Waals surface area (Å²) in [4.78, 5) is 13.0. The second kappa shape index (κ2) is 8.77. The Labute approximate surface area is 184 Å². The smallest absolute Gasteiger partial charge is 0.264 e. The van der Waals surface area contributed by atoms with Gasteiger partial charge >= 0.3 is 0 Å². The molecule has 0 saturated heterocycles. The minimum Gasteiger partial charge on any atom is -0.508 e. The maximum Gasteiger partial charge on any atom is 0.264 e. The fourth-order valence-electron chi connectivity index (χ4n) is 3.10. The van der Waals surface area contributed by atoms with Crippen molar-refractivity contribution in [3.8, 4) is 5.75 Å². The monoisotopic (exact) mass is 451 g/mol. The Balaban J connectivity index is 1.80. The Kier molecular flexibility index (Phi) is 5.89. The third-order valence-electron chi connectivity index (χ3n) is 4.72. The first-order chi connectivity index (χ1) is 15.4. The second-order valence-corrected chi connectivity index (χ2v) is 8.77. The third kappa shape index (κ3) is 4.61. The SMILES string of the molecule is Cc1ccc(S(=O)(=O)Nc2nc3ccccc3nc2Nc2cc(O)ccc2CCO)cn1. The molecular formula is C22H21N5O4S. The van der Waals surface area contributed by atoms with Crippen LogP contribution in [-0.4, -0.2) is 40.2 Å². The van der Waals surface area contributed by atoms with Gasteiger partial charge in [0.2, 0.25) is 0 Å². The van der Waals surface area contributed by atoms with Crippen LogP contribution in [0.3, 0.4) is 0 Å². The van der Waals surface area contributed by atoms with Gasteiger partial charge in [0.05, 0.1) is 11.0 Å². The summed E-state index contributed by atoms with van der Waals surface area (Å²) >= 11 is 0. The van der Waals surface area contributed by atoms with Crippen molar-refractivity contribution in [3.63, 3.8) is 0 Å². The number of phenols is 1. The van der Waals surface area contributed by atoms with Crippen LogP contribution in [0.1, 0.15) is 11.3 Å². The number of hydrogen-bond acceptors (Lipinski definition) is 8. The number of hydrogen-bond donors (Lipinski definition) is 4. The molecule has 0 unspecified atom stereocenters. The van der Waals surface area contributed by atoms with E-state index in [2.05, 4.69) is 25.0 Å². The predicted octanol–water partition coefficient (Wildman–Crippen LogP) is 3.12. The number of aliphatic hydroxyl groups is 1. The molecule has 0 atom stereocenters. The number of nitrogens with zero attached hydrogens (tertiary/aromatic N) is 3. The normalized spacial score (nSPS) is 11.4. The molecule has 4 rings (SSSR count). The van der Waals surface area contributed by atoms with E-state index >= 15 is 0 Å². The molecule has 0 aliphatic carbocycles. The van der Waals surface area contributed by atoms with Gasteiger partial charge in [-0.3, -0.25) is 9.71 Å². The molecule has 0 radical (unpaired) electrons. The number of aromatic hydroxyl groups is 1. The highest BCUT2D eigenvalue weighted by atomic mass is 32.2. The molecule has 2 aromatic heterocycles. The first-order valence-corrected chi connectivity index (χ1v) is 11.3. The first-order valence-electron chi connectivity index (χ1n) is 9.78. The van der Waals surface area contributed by atoms with Crippen LogP contribution in [0.5, 0.6) is 5.75 Å². The maximum atomic E-state index is 13.0. The second-order valence-electron chi connectivity index (χ2n) is 7.09. The molecule has 10 heteroatoms. The highest BCUT2D eigenvalue weighted by Gasteiger charge is 2.20. The van der Waals surface area contributed by atoms with Crippen LogP contribution >= 0.6 is 0 Å². The molecule has 4 aromatic rings. The lowest BCUT2D eigenvalue weighted by Gasteiger charge is -2.16. The number of anilines is 3. The molecule has 9 nitrogen and oxygen atoms in total.